The molecule has 0 amide bonds. The fraction of sp³-hybridized carbons (Fsp3) is 0.400. The zero-order valence-electron chi connectivity index (χ0n) is 22.8. The van der Waals surface area contributed by atoms with Crippen LogP contribution in [0.4, 0.5) is 0 Å². The number of carbonyl (C=O) groups excluding carboxylic acids is 2. The number of ketones is 1. The van der Waals surface area contributed by atoms with Crippen LogP contribution < -0.4 is 24.3 Å². The van der Waals surface area contributed by atoms with Crippen LogP contribution in [0.15, 0.2) is 59.9 Å². The Bertz CT molecular complexity index is 1280. The quantitative estimate of drug-likeness (QED) is 0.491. The third-order valence-corrected chi connectivity index (χ3v) is 7.10. The van der Waals surface area contributed by atoms with Crippen LogP contribution >= 0.6 is 0 Å². The van der Waals surface area contributed by atoms with Gasteiger partial charge in [0.25, 0.3) is 0 Å². The summed E-state index contributed by atoms with van der Waals surface area (Å²) in [5.41, 5.74) is 3.41. The van der Waals surface area contributed by atoms with Crippen LogP contribution in [0.2, 0.25) is 0 Å². The second kappa shape index (κ2) is 11.2. The molecule has 0 radical (unpaired) electrons. The minimum Gasteiger partial charge on any atom is -0.497 e. The molecule has 3 atom stereocenters. The van der Waals surface area contributed by atoms with Gasteiger partial charge in [-0.2, -0.15) is 0 Å². The average molecular weight is 522 g/mol. The predicted molar refractivity (Wildman–Crippen MR) is 143 cm³/mol. The van der Waals surface area contributed by atoms with E-state index in [0.717, 1.165) is 11.3 Å². The molecule has 0 saturated heterocycles. The van der Waals surface area contributed by atoms with E-state index in [9.17, 15) is 9.59 Å². The predicted octanol–water partition coefficient (Wildman–Crippen LogP) is 4.89. The number of rotatable bonds is 8. The summed E-state index contributed by atoms with van der Waals surface area (Å²) in [6.07, 6.45) is 0.511. The van der Waals surface area contributed by atoms with Crippen LogP contribution in [0.3, 0.4) is 0 Å². The SMILES string of the molecule is C=C1NC2=C(C(=O)CC(c3ccc(OC)c(OC)c3)C2)C(c2cc(OC)ccc2OC)C1C(=O)OC(C)C. The van der Waals surface area contributed by atoms with E-state index >= 15 is 0 Å². The van der Waals surface area contributed by atoms with E-state index in [2.05, 4.69) is 11.9 Å². The topological polar surface area (TPSA) is 92.3 Å². The monoisotopic (exact) mass is 521 g/mol. The van der Waals surface area contributed by atoms with Gasteiger partial charge in [-0.05, 0) is 62.1 Å². The second-order valence-electron chi connectivity index (χ2n) is 9.73. The molecule has 4 rings (SSSR count). The molecule has 0 spiro atoms. The number of ether oxygens (including phenoxy) is 5. The van der Waals surface area contributed by atoms with Gasteiger partial charge in [0.2, 0.25) is 0 Å². The van der Waals surface area contributed by atoms with Crippen molar-refractivity contribution in [3.05, 3.63) is 71.1 Å². The standard InChI is InChI=1S/C30H35NO7/c1-16(2)38-30(33)27-17(3)31-22-12-19(18-8-10-25(36-6)26(14-18)37-7)13-23(32)29(22)28(27)21-15-20(34-4)9-11-24(21)35-5/h8-11,14-16,19,27-28,31H,3,12-13H2,1-2,4-7H3. The van der Waals surface area contributed by atoms with Crippen molar-refractivity contribution in [2.45, 2.75) is 44.6 Å². The van der Waals surface area contributed by atoms with E-state index in [1.807, 2.05) is 24.3 Å². The molecule has 0 fully saturated rings. The third-order valence-electron chi connectivity index (χ3n) is 7.10. The van der Waals surface area contributed by atoms with Gasteiger partial charge in [0, 0.05) is 34.9 Å². The molecule has 1 aliphatic carbocycles. The van der Waals surface area contributed by atoms with Crippen LogP contribution in [-0.4, -0.2) is 46.3 Å². The maximum absolute atomic E-state index is 13.9. The highest BCUT2D eigenvalue weighted by Crippen LogP contribution is 2.50. The van der Waals surface area contributed by atoms with E-state index in [1.165, 1.54) is 0 Å². The molecule has 8 heteroatoms. The van der Waals surface area contributed by atoms with Crippen molar-refractivity contribution < 1.29 is 33.3 Å². The van der Waals surface area contributed by atoms with Gasteiger partial charge in [0.05, 0.1) is 34.5 Å². The second-order valence-corrected chi connectivity index (χ2v) is 9.73. The maximum Gasteiger partial charge on any atom is 0.316 e. The maximum atomic E-state index is 13.9. The zero-order chi connectivity index (χ0) is 27.6. The van der Waals surface area contributed by atoms with E-state index in [1.54, 1.807) is 54.4 Å². The molecular weight excluding hydrogens is 486 g/mol. The van der Waals surface area contributed by atoms with E-state index < -0.39 is 17.8 Å². The Morgan fingerprint density at radius 3 is 2.24 bits per heavy atom. The van der Waals surface area contributed by atoms with Gasteiger partial charge in [-0.25, -0.2) is 0 Å². The molecule has 2 aromatic carbocycles. The van der Waals surface area contributed by atoms with Gasteiger partial charge in [-0.3, -0.25) is 9.59 Å². The highest BCUT2D eigenvalue weighted by molar-refractivity contribution is 6.01. The minimum absolute atomic E-state index is 0.0525. The lowest BCUT2D eigenvalue weighted by Crippen LogP contribution is -2.42. The zero-order valence-corrected chi connectivity index (χ0v) is 22.8. The normalized spacial score (nSPS) is 21.0. The Labute approximate surface area is 223 Å². The van der Waals surface area contributed by atoms with Crippen LogP contribution in [-0.2, 0) is 14.3 Å². The first-order valence-electron chi connectivity index (χ1n) is 12.6. The van der Waals surface area contributed by atoms with Crippen molar-refractivity contribution in [3.63, 3.8) is 0 Å². The summed E-state index contributed by atoms with van der Waals surface area (Å²) in [4.78, 5) is 27.3. The number of esters is 1. The molecule has 2 aliphatic rings. The first-order chi connectivity index (χ1) is 18.2. The van der Waals surface area contributed by atoms with Crippen LogP contribution in [0, 0.1) is 5.92 Å². The molecule has 38 heavy (non-hydrogen) atoms. The Kier molecular flexibility index (Phi) is 7.99. The van der Waals surface area contributed by atoms with Gasteiger partial charge < -0.3 is 29.0 Å². The first kappa shape index (κ1) is 27.1. The molecule has 8 nitrogen and oxygen atoms in total. The summed E-state index contributed by atoms with van der Waals surface area (Å²) in [6.45, 7) is 7.78. The Morgan fingerprint density at radius 2 is 1.61 bits per heavy atom. The van der Waals surface area contributed by atoms with Crippen molar-refractivity contribution in [3.8, 4) is 23.0 Å². The number of benzene rings is 2. The summed E-state index contributed by atoms with van der Waals surface area (Å²) in [5, 5.41) is 3.31. The lowest BCUT2D eigenvalue weighted by Gasteiger charge is -2.40. The smallest absolute Gasteiger partial charge is 0.316 e. The third kappa shape index (κ3) is 5.08. The average Bonchev–Trinajstić information content (AvgIpc) is 2.90. The summed E-state index contributed by atoms with van der Waals surface area (Å²) >= 11 is 0. The molecule has 1 aliphatic heterocycles. The number of hydrogen-bond donors (Lipinski definition) is 1. The minimum atomic E-state index is -0.821. The highest BCUT2D eigenvalue weighted by atomic mass is 16.5. The number of methoxy groups -OCH3 is 4. The van der Waals surface area contributed by atoms with Crippen molar-refractivity contribution in [2.75, 3.05) is 28.4 Å². The fourth-order valence-electron chi connectivity index (χ4n) is 5.39. The van der Waals surface area contributed by atoms with Crippen molar-refractivity contribution in [2.24, 2.45) is 5.92 Å². The molecule has 3 unspecified atom stereocenters. The van der Waals surface area contributed by atoms with Gasteiger partial charge in [-0.15, -0.1) is 0 Å². The summed E-state index contributed by atoms with van der Waals surface area (Å²) in [6, 6.07) is 11.1. The van der Waals surface area contributed by atoms with E-state index in [0.29, 0.717) is 46.3 Å². The van der Waals surface area contributed by atoms with E-state index in [-0.39, 0.29) is 24.2 Å². The molecule has 202 valence electrons. The lowest BCUT2D eigenvalue weighted by atomic mass is 9.68. The summed E-state index contributed by atoms with van der Waals surface area (Å²) < 4.78 is 27.6. The highest BCUT2D eigenvalue weighted by Gasteiger charge is 2.46. The lowest BCUT2D eigenvalue weighted by molar-refractivity contribution is -0.151. The van der Waals surface area contributed by atoms with Gasteiger partial charge in [-0.1, -0.05) is 12.6 Å². The van der Waals surface area contributed by atoms with Gasteiger partial charge in [0.15, 0.2) is 17.3 Å². The first-order valence-corrected chi connectivity index (χ1v) is 12.6. The number of carbonyl (C=O) groups is 2. The van der Waals surface area contributed by atoms with Crippen LogP contribution in [0.25, 0.3) is 0 Å². The van der Waals surface area contributed by atoms with Gasteiger partial charge in [0.1, 0.15) is 17.4 Å². The van der Waals surface area contributed by atoms with Crippen molar-refractivity contribution >= 4 is 11.8 Å². The molecule has 0 bridgehead atoms. The number of nitrogens with one attached hydrogen (secondary N) is 1. The largest absolute Gasteiger partial charge is 0.497 e. The summed E-state index contributed by atoms with van der Waals surface area (Å²) in [5.74, 6) is 0.315. The number of allylic oxidation sites excluding steroid dienone is 2. The number of hydrogen-bond acceptors (Lipinski definition) is 8. The molecule has 0 aromatic heterocycles. The Balaban J connectivity index is 1.84. The Morgan fingerprint density at radius 1 is 0.921 bits per heavy atom. The molecule has 1 heterocycles. The Hall–Kier alpha value is -3.94. The molecule has 2 aromatic rings. The van der Waals surface area contributed by atoms with Crippen molar-refractivity contribution in [1.82, 2.24) is 5.32 Å². The summed E-state index contributed by atoms with van der Waals surface area (Å²) in [7, 11) is 6.31. The fourth-order valence-corrected chi connectivity index (χ4v) is 5.39. The van der Waals surface area contributed by atoms with Crippen molar-refractivity contribution in [1.29, 1.82) is 0 Å². The molecule has 1 N–H and O–H groups in total. The number of Topliss-reactive ketones (excluding diaryl/α,β-unsaturated/α-hetero) is 1. The van der Waals surface area contributed by atoms with Crippen LogP contribution in [0.5, 0.6) is 23.0 Å². The molecule has 0 saturated carbocycles. The van der Waals surface area contributed by atoms with E-state index in [4.69, 9.17) is 23.7 Å². The van der Waals surface area contributed by atoms with Crippen LogP contribution in [0.1, 0.15) is 49.7 Å². The van der Waals surface area contributed by atoms with Gasteiger partial charge >= 0.3 is 5.97 Å². The molecular formula is C30H35NO7.